The summed E-state index contributed by atoms with van der Waals surface area (Å²) in [5, 5.41) is 2.90. The van der Waals surface area contributed by atoms with Crippen LogP contribution < -0.4 is 14.8 Å². The van der Waals surface area contributed by atoms with Gasteiger partial charge in [-0.3, -0.25) is 9.69 Å². The van der Waals surface area contributed by atoms with Gasteiger partial charge in [-0.1, -0.05) is 32.0 Å². The highest BCUT2D eigenvalue weighted by Gasteiger charge is 2.13. The number of nitrogens with one attached hydrogen (secondary N) is 1. The molecular weight excluding hydrogens is 347 g/mol. The smallest absolute Gasteiger partial charge is 0.238 e. The zero-order chi connectivity index (χ0) is 19.6. The SMILES string of the molecule is CCCOc1ccccc1NC(=O)CN(CC)Cc1ccc(OC)c(F)c1. The molecule has 0 aliphatic rings. The third kappa shape index (κ3) is 6.25. The van der Waals surface area contributed by atoms with E-state index in [-0.39, 0.29) is 18.2 Å². The van der Waals surface area contributed by atoms with Gasteiger partial charge >= 0.3 is 0 Å². The minimum Gasteiger partial charge on any atom is -0.494 e. The Hall–Kier alpha value is -2.60. The summed E-state index contributed by atoms with van der Waals surface area (Å²) in [5.74, 6) is 0.326. The molecule has 146 valence electrons. The summed E-state index contributed by atoms with van der Waals surface area (Å²) in [5.41, 5.74) is 1.44. The quantitative estimate of drug-likeness (QED) is 0.681. The van der Waals surface area contributed by atoms with Gasteiger partial charge < -0.3 is 14.8 Å². The fourth-order valence-corrected chi connectivity index (χ4v) is 2.65. The van der Waals surface area contributed by atoms with Gasteiger partial charge in [0.05, 0.1) is 25.9 Å². The molecule has 6 heteroatoms. The van der Waals surface area contributed by atoms with E-state index < -0.39 is 5.82 Å². The summed E-state index contributed by atoms with van der Waals surface area (Å²) >= 11 is 0. The summed E-state index contributed by atoms with van der Waals surface area (Å²) in [6, 6.07) is 12.2. The molecule has 2 rings (SSSR count). The zero-order valence-electron chi connectivity index (χ0n) is 16.1. The number of para-hydroxylation sites is 2. The standard InChI is InChI=1S/C21H27FN2O3/c1-4-12-27-20-9-7-6-8-18(20)23-21(25)15-24(5-2)14-16-10-11-19(26-3)17(22)13-16/h6-11,13H,4-5,12,14-15H2,1-3H3,(H,23,25). The van der Waals surface area contributed by atoms with E-state index in [0.29, 0.717) is 31.1 Å². The van der Waals surface area contributed by atoms with Crippen LogP contribution in [0.1, 0.15) is 25.8 Å². The summed E-state index contributed by atoms with van der Waals surface area (Å²) in [4.78, 5) is 14.4. The van der Waals surface area contributed by atoms with Crippen molar-refractivity contribution in [3.63, 3.8) is 0 Å². The molecule has 0 aliphatic carbocycles. The van der Waals surface area contributed by atoms with Gasteiger partial charge in [0.25, 0.3) is 0 Å². The van der Waals surface area contributed by atoms with Gasteiger partial charge in [0.1, 0.15) is 5.75 Å². The van der Waals surface area contributed by atoms with Gasteiger partial charge in [-0.25, -0.2) is 4.39 Å². The van der Waals surface area contributed by atoms with Crippen LogP contribution in [0.25, 0.3) is 0 Å². The fourth-order valence-electron chi connectivity index (χ4n) is 2.65. The van der Waals surface area contributed by atoms with Crippen LogP contribution >= 0.6 is 0 Å². The summed E-state index contributed by atoms with van der Waals surface area (Å²) in [6.07, 6.45) is 0.893. The molecule has 5 nitrogen and oxygen atoms in total. The van der Waals surface area contributed by atoms with E-state index in [2.05, 4.69) is 5.32 Å². The van der Waals surface area contributed by atoms with Crippen molar-refractivity contribution in [1.29, 1.82) is 0 Å². The maximum atomic E-state index is 13.9. The number of nitrogens with zero attached hydrogens (tertiary/aromatic N) is 1. The van der Waals surface area contributed by atoms with E-state index >= 15 is 0 Å². The second kappa shape index (κ2) is 10.5. The number of hydrogen-bond donors (Lipinski definition) is 1. The highest BCUT2D eigenvalue weighted by atomic mass is 19.1. The topological polar surface area (TPSA) is 50.8 Å². The molecule has 0 bridgehead atoms. The first-order valence-electron chi connectivity index (χ1n) is 9.13. The van der Waals surface area contributed by atoms with Gasteiger partial charge in [-0.05, 0) is 42.8 Å². The molecule has 0 heterocycles. The largest absolute Gasteiger partial charge is 0.494 e. The van der Waals surface area contributed by atoms with Crippen LogP contribution in [0.15, 0.2) is 42.5 Å². The number of carbonyl (C=O) groups excluding carboxylic acids is 1. The lowest BCUT2D eigenvalue weighted by molar-refractivity contribution is -0.117. The van der Waals surface area contributed by atoms with E-state index in [0.717, 1.165) is 12.0 Å². The second-order valence-corrected chi connectivity index (χ2v) is 6.16. The third-order valence-corrected chi connectivity index (χ3v) is 4.06. The van der Waals surface area contributed by atoms with E-state index in [4.69, 9.17) is 9.47 Å². The molecule has 0 saturated heterocycles. The number of methoxy groups -OCH3 is 1. The number of hydrogen-bond acceptors (Lipinski definition) is 4. The van der Waals surface area contributed by atoms with Gasteiger partial charge in [0.15, 0.2) is 11.6 Å². The Morgan fingerprint density at radius 3 is 2.59 bits per heavy atom. The Bertz CT molecular complexity index is 752. The molecule has 0 aliphatic heterocycles. The highest BCUT2D eigenvalue weighted by Crippen LogP contribution is 2.24. The number of likely N-dealkylation sites (N-methyl/N-ethyl adjacent to an activating group) is 1. The van der Waals surface area contributed by atoms with E-state index in [1.165, 1.54) is 13.2 Å². The van der Waals surface area contributed by atoms with Crippen molar-refractivity contribution >= 4 is 11.6 Å². The van der Waals surface area contributed by atoms with Crippen molar-refractivity contribution < 1.29 is 18.7 Å². The Kier molecular flexibility index (Phi) is 8.07. The van der Waals surface area contributed by atoms with Gasteiger partial charge in [-0.2, -0.15) is 0 Å². The minimum atomic E-state index is -0.405. The number of benzene rings is 2. The van der Waals surface area contributed by atoms with Crippen molar-refractivity contribution in [2.24, 2.45) is 0 Å². The molecule has 2 aromatic carbocycles. The van der Waals surface area contributed by atoms with E-state index in [1.54, 1.807) is 12.1 Å². The monoisotopic (exact) mass is 374 g/mol. The van der Waals surface area contributed by atoms with Crippen LogP contribution in [-0.4, -0.2) is 37.6 Å². The molecule has 0 aromatic heterocycles. The molecule has 0 spiro atoms. The van der Waals surface area contributed by atoms with Crippen LogP contribution in [-0.2, 0) is 11.3 Å². The Morgan fingerprint density at radius 2 is 1.93 bits per heavy atom. The molecule has 0 atom stereocenters. The molecule has 1 amide bonds. The Balaban J connectivity index is 1.98. The van der Waals surface area contributed by atoms with Crippen molar-refractivity contribution in [2.75, 3.05) is 32.1 Å². The predicted molar refractivity (Wildman–Crippen MR) is 105 cm³/mol. The molecule has 2 aromatic rings. The van der Waals surface area contributed by atoms with Crippen molar-refractivity contribution in [2.45, 2.75) is 26.8 Å². The normalized spacial score (nSPS) is 10.7. The summed E-state index contributed by atoms with van der Waals surface area (Å²) in [6.45, 7) is 5.92. The molecule has 0 saturated carbocycles. The zero-order valence-corrected chi connectivity index (χ0v) is 16.1. The Labute approximate surface area is 160 Å². The van der Waals surface area contributed by atoms with Gasteiger partial charge in [-0.15, -0.1) is 0 Å². The first kappa shape index (κ1) is 20.7. The van der Waals surface area contributed by atoms with Crippen LogP contribution in [0.4, 0.5) is 10.1 Å². The number of carbonyl (C=O) groups is 1. The first-order valence-corrected chi connectivity index (χ1v) is 9.13. The maximum absolute atomic E-state index is 13.9. The number of anilines is 1. The first-order chi connectivity index (χ1) is 13.1. The molecule has 0 radical (unpaired) electrons. The van der Waals surface area contributed by atoms with Crippen LogP contribution in [0.5, 0.6) is 11.5 Å². The van der Waals surface area contributed by atoms with Crippen molar-refractivity contribution in [3.8, 4) is 11.5 Å². The number of halogens is 1. The average molecular weight is 374 g/mol. The molecule has 1 N–H and O–H groups in total. The lowest BCUT2D eigenvalue weighted by atomic mass is 10.2. The lowest BCUT2D eigenvalue weighted by Crippen LogP contribution is -2.32. The van der Waals surface area contributed by atoms with Crippen LogP contribution in [0.3, 0.4) is 0 Å². The van der Waals surface area contributed by atoms with E-state index in [1.807, 2.05) is 43.0 Å². The minimum absolute atomic E-state index is 0.140. The van der Waals surface area contributed by atoms with Crippen molar-refractivity contribution in [3.05, 3.63) is 53.8 Å². The second-order valence-electron chi connectivity index (χ2n) is 6.16. The lowest BCUT2D eigenvalue weighted by Gasteiger charge is -2.20. The van der Waals surface area contributed by atoms with Gasteiger partial charge in [0.2, 0.25) is 5.91 Å². The number of amides is 1. The Morgan fingerprint density at radius 1 is 1.15 bits per heavy atom. The van der Waals surface area contributed by atoms with Crippen LogP contribution in [0.2, 0.25) is 0 Å². The molecule has 27 heavy (non-hydrogen) atoms. The molecule has 0 fully saturated rings. The van der Waals surface area contributed by atoms with E-state index in [9.17, 15) is 9.18 Å². The third-order valence-electron chi connectivity index (χ3n) is 4.06. The molecular formula is C21H27FN2O3. The van der Waals surface area contributed by atoms with Gasteiger partial charge in [0, 0.05) is 6.54 Å². The van der Waals surface area contributed by atoms with Crippen molar-refractivity contribution in [1.82, 2.24) is 4.90 Å². The average Bonchev–Trinajstić information content (AvgIpc) is 2.67. The fraction of sp³-hybridized carbons (Fsp3) is 0.381. The summed E-state index contributed by atoms with van der Waals surface area (Å²) < 4.78 is 24.5. The number of ether oxygens (including phenoxy) is 2. The predicted octanol–water partition coefficient (Wildman–Crippen LogP) is 4.08. The van der Waals surface area contributed by atoms with Crippen LogP contribution in [0, 0.1) is 5.82 Å². The molecule has 0 unspecified atom stereocenters. The highest BCUT2D eigenvalue weighted by molar-refractivity contribution is 5.93. The number of rotatable bonds is 10. The maximum Gasteiger partial charge on any atom is 0.238 e. The summed E-state index contributed by atoms with van der Waals surface area (Å²) in [7, 11) is 1.43.